The summed E-state index contributed by atoms with van der Waals surface area (Å²) in [6.07, 6.45) is 1.96. The van der Waals surface area contributed by atoms with Crippen LogP contribution in [0.5, 0.6) is 0 Å². The summed E-state index contributed by atoms with van der Waals surface area (Å²) in [7, 11) is 0. The predicted octanol–water partition coefficient (Wildman–Crippen LogP) is 3.03. The number of para-hydroxylation sites is 1. The highest BCUT2D eigenvalue weighted by Gasteiger charge is 2.21. The number of H-pyrrole nitrogens is 1. The van der Waals surface area contributed by atoms with Crippen molar-refractivity contribution in [1.82, 2.24) is 9.55 Å². The van der Waals surface area contributed by atoms with Gasteiger partial charge in [-0.15, -0.1) is 0 Å². The summed E-state index contributed by atoms with van der Waals surface area (Å²) in [5.41, 5.74) is 0.959. The van der Waals surface area contributed by atoms with Gasteiger partial charge in [0.25, 0.3) is 0 Å². The van der Waals surface area contributed by atoms with E-state index in [2.05, 4.69) is 18.8 Å². The maximum absolute atomic E-state index is 12.2. The Hall–Kier alpha value is -2.04. The summed E-state index contributed by atoms with van der Waals surface area (Å²) in [6, 6.07) is 5.01. The lowest BCUT2D eigenvalue weighted by Gasteiger charge is -2.22. The number of fused-ring (bicyclic) bond motifs is 1. The van der Waals surface area contributed by atoms with Crippen molar-refractivity contribution in [2.45, 2.75) is 39.7 Å². The van der Waals surface area contributed by atoms with Gasteiger partial charge >= 0.3 is 11.7 Å². The first kappa shape index (κ1) is 14.4. The molecule has 0 aliphatic carbocycles. The van der Waals surface area contributed by atoms with Gasteiger partial charge in [0.15, 0.2) is 0 Å². The summed E-state index contributed by atoms with van der Waals surface area (Å²) in [5, 5.41) is 9.19. The van der Waals surface area contributed by atoms with Crippen molar-refractivity contribution < 1.29 is 9.90 Å². The third-order valence-corrected chi connectivity index (χ3v) is 4.12. The largest absolute Gasteiger partial charge is 0.478 e. The van der Waals surface area contributed by atoms with Crippen LogP contribution >= 0.6 is 0 Å². The average Bonchev–Trinajstić information content (AvgIpc) is 2.75. The molecule has 0 fully saturated rings. The van der Waals surface area contributed by atoms with Crippen molar-refractivity contribution in [2.75, 3.05) is 0 Å². The maximum Gasteiger partial charge on any atom is 0.337 e. The van der Waals surface area contributed by atoms with Crippen molar-refractivity contribution in [3.8, 4) is 0 Å². The van der Waals surface area contributed by atoms with E-state index in [4.69, 9.17) is 0 Å². The van der Waals surface area contributed by atoms with E-state index in [1.807, 2.05) is 6.92 Å². The highest BCUT2D eigenvalue weighted by atomic mass is 16.4. The molecule has 108 valence electrons. The van der Waals surface area contributed by atoms with Crippen molar-refractivity contribution in [1.29, 1.82) is 0 Å². The number of imidazole rings is 1. The zero-order valence-electron chi connectivity index (χ0n) is 12.0. The minimum atomic E-state index is -1.03. The first-order valence-corrected chi connectivity index (χ1v) is 6.97. The molecule has 1 atom stereocenters. The van der Waals surface area contributed by atoms with Gasteiger partial charge in [-0.2, -0.15) is 0 Å². The van der Waals surface area contributed by atoms with Crippen LogP contribution in [-0.4, -0.2) is 20.6 Å². The van der Waals surface area contributed by atoms with Gasteiger partial charge in [-0.1, -0.05) is 32.8 Å². The van der Waals surface area contributed by atoms with E-state index in [9.17, 15) is 14.7 Å². The number of nitrogens with zero attached hydrogens (tertiary/aromatic N) is 1. The summed E-state index contributed by atoms with van der Waals surface area (Å²) in [6.45, 7) is 6.22. The topological polar surface area (TPSA) is 75.1 Å². The van der Waals surface area contributed by atoms with Gasteiger partial charge in [0.2, 0.25) is 0 Å². The molecule has 5 nitrogen and oxygen atoms in total. The minimum absolute atomic E-state index is 0.0373. The summed E-state index contributed by atoms with van der Waals surface area (Å²) >= 11 is 0. The zero-order chi connectivity index (χ0) is 14.9. The summed E-state index contributed by atoms with van der Waals surface area (Å²) in [5.74, 6) is -0.639. The van der Waals surface area contributed by atoms with Crippen LogP contribution in [0, 0.1) is 5.92 Å². The highest BCUT2D eigenvalue weighted by Crippen LogP contribution is 2.26. The fourth-order valence-corrected chi connectivity index (χ4v) is 2.91. The SMILES string of the molecule is CCC(CC)C(C)n1c(=O)[nH]c2c(C(=O)O)cccc21. The Morgan fingerprint density at radius 3 is 2.55 bits per heavy atom. The molecule has 2 aromatic rings. The number of aromatic amines is 1. The Bertz CT molecular complexity index is 680. The molecule has 2 N–H and O–H groups in total. The number of nitrogens with one attached hydrogen (secondary N) is 1. The molecule has 0 saturated heterocycles. The Labute approximate surface area is 117 Å². The fourth-order valence-electron chi connectivity index (χ4n) is 2.91. The zero-order valence-corrected chi connectivity index (χ0v) is 12.0. The van der Waals surface area contributed by atoms with Crippen LogP contribution in [0.1, 0.15) is 50.0 Å². The Balaban J connectivity index is 2.66. The number of rotatable bonds is 5. The Morgan fingerprint density at radius 1 is 1.35 bits per heavy atom. The van der Waals surface area contributed by atoms with Crippen LogP contribution in [-0.2, 0) is 0 Å². The maximum atomic E-state index is 12.2. The second-order valence-electron chi connectivity index (χ2n) is 5.12. The van der Waals surface area contributed by atoms with Gasteiger partial charge in [-0.05, 0) is 25.0 Å². The monoisotopic (exact) mass is 276 g/mol. The van der Waals surface area contributed by atoms with E-state index in [0.29, 0.717) is 17.0 Å². The Morgan fingerprint density at radius 2 is 2.00 bits per heavy atom. The summed E-state index contributed by atoms with van der Waals surface area (Å²) < 4.78 is 1.68. The molecule has 1 aromatic heterocycles. The number of hydrogen-bond donors (Lipinski definition) is 2. The van der Waals surface area contributed by atoms with E-state index in [1.54, 1.807) is 16.7 Å². The van der Waals surface area contributed by atoms with Gasteiger partial charge in [0.1, 0.15) is 0 Å². The average molecular weight is 276 g/mol. The molecule has 0 saturated carbocycles. The molecule has 0 radical (unpaired) electrons. The number of carbonyl (C=O) groups is 1. The first-order valence-electron chi connectivity index (χ1n) is 6.97. The molecule has 0 aliphatic rings. The second kappa shape index (κ2) is 5.53. The predicted molar refractivity (Wildman–Crippen MR) is 78.3 cm³/mol. The molecule has 1 unspecified atom stereocenters. The van der Waals surface area contributed by atoms with Crippen LogP contribution in [0.25, 0.3) is 11.0 Å². The van der Waals surface area contributed by atoms with Crippen LogP contribution in [0.4, 0.5) is 0 Å². The van der Waals surface area contributed by atoms with Crippen molar-refractivity contribution >= 4 is 17.0 Å². The highest BCUT2D eigenvalue weighted by molar-refractivity contribution is 6.00. The lowest BCUT2D eigenvalue weighted by Crippen LogP contribution is -2.25. The van der Waals surface area contributed by atoms with Gasteiger partial charge in [0, 0.05) is 6.04 Å². The molecule has 0 aliphatic heterocycles. The van der Waals surface area contributed by atoms with Gasteiger partial charge in [-0.25, -0.2) is 9.59 Å². The lowest BCUT2D eigenvalue weighted by molar-refractivity contribution is 0.0699. The van der Waals surface area contributed by atoms with Crippen LogP contribution in [0.3, 0.4) is 0 Å². The van der Waals surface area contributed by atoms with Crippen LogP contribution < -0.4 is 5.69 Å². The smallest absolute Gasteiger partial charge is 0.337 e. The molecule has 1 aromatic carbocycles. The minimum Gasteiger partial charge on any atom is -0.478 e. The molecule has 5 heteroatoms. The van der Waals surface area contributed by atoms with Crippen molar-refractivity contribution in [3.63, 3.8) is 0 Å². The summed E-state index contributed by atoms with van der Waals surface area (Å²) in [4.78, 5) is 26.1. The van der Waals surface area contributed by atoms with Crippen LogP contribution in [0.2, 0.25) is 0 Å². The Kier molecular flexibility index (Phi) is 3.97. The third kappa shape index (κ3) is 2.24. The molecule has 0 bridgehead atoms. The van der Waals surface area contributed by atoms with Crippen LogP contribution in [0.15, 0.2) is 23.0 Å². The number of aromatic nitrogens is 2. The molecule has 2 rings (SSSR count). The standard InChI is InChI=1S/C15H20N2O3/c1-4-10(5-2)9(3)17-12-8-6-7-11(14(18)19)13(12)16-15(17)20/h6-10H,4-5H2,1-3H3,(H,16,20)(H,18,19). The number of benzene rings is 1. The fraction of sp³-hybridized carbons (Fsp3) is 0.467. The molecule has 1 heterocycles. The van der Waals surface area contributed by atoms with E-state index in [-0.39, 0.29) is 17.3 Å². The molecular formula is C15H20N2O3. The quantitative estimate of drug-likeness (QED) is 0.881. The molecule has 20 heavy (non-hydrogen) atoms. The van der Waals surface area contributed by atoms with E-state index in [1.165, 1.54) is 6.07 Å². The van der Waals surface area contributed by atoms with E-state index < -0.39 is 5.97 Å². The second-order valence-corrected chi connectivity index (χ2v) is 5.12. The third-order valence-electron chi connectivity index (χ3n) is 4.12. The van der Waals surface area contributed by atoms with Crippen molar-refractivity contribution in [2.24, 2.45) is 5.92 Å². The molecular weight excluding hydrogens is 256 g/mol. The normalized spacial score (nSPS) is 13.0. The van der Waals surface area contributed by atoms with Gasteiger partial charge in [-0.3, -0.25) is 4.57 Å². The number of aromatic carboxylic acids is 1. The molecule has 0 amide bonds. The van der Waals surface area contributed by atoms with Gasteiger partial charge < -0.3 is 10.1 Å². The van der Waals surface area contributed by atoms with E-state index in [0.717, 1.165) is 12.8 Å². The number of hydrogen-bond acceptors (Lipinski definition) is 2. The first-order chi connectivity index (χ1) is 9.51. The van der Waals surface area contributed by atoms with E-state index >= 15 is 0 Å². The number of carboxylic acids is 1. The lowest BCUT2D eigenvalue weighted by atomic mass is 9.95. The molecule has 0 spiro atoms. The van der Waals surface area contributed by atoms with Crippen molar-refractivity contribution in [3.05, 3.63) is 34.2 Å². The number of carboxylic acid groups (broad SMARTS) is 1. The van der Waals surface area contributed by atoms with Gasteiger partial charge in [0.05, 0.1) is 16.6 Å².